The molecule has 2 heterocycles. The van der Waals surface area contributed by atoms with Crippen molar-refractivity contribution < 1.29 is 14.4 Å². The summed E-state index contributed by atoms with van der Waals surface area (Å²) in [6.45, 7) is 12.9. The quantitative estimate of drug-likeness (QED) is 0.345. The fraction of sp³-hybridized carbons (Fsp3) is 0.688. The number of benzene rings is 1. The van der Waals surface area contributed by atoms with Crippen LogP contribution in [-0.4, -0.2) is 90.9 Å². The Labute approximate surface area is 255 Å². The molecule has 1 aliphatic carbocycles. The Bertz CT molecular complexity index is 1200. The van der Waals surface area contributed by atoms with Crippen molar-refractivity contribution in [3.05, 3.63) is 28.8 Å². The average Bonchev–Trinajstić information content (AvgIpc) is 3.37. The number of rotatable bonds is 12. The highest BCUT2D eigenvalue weighted by molar-refractivity contribution is 7.18. The van der Waals surface area contributed by atoms with Gasteiger partial charge in [0, 0.05) is 64.6 Å². The summed E-state index contributed by atoms with van der Waals surface area (Å²) < 4.78 is 1.09. The zero-order valence-electron chi connectivity index (χ0n) is 26.1. The second-order valence-corrected chi connectivity index (χ2v) is 13.8. The third-order valence-corrected chi connectivity index (χ3v) is 9.85. The first kappa shape index (κ1) is 32.4. The van der Waals surface area contributed by atoms with Gasteiger partial charge in [-0.1, -0.05) is 46.1 Å². The Kier molecular flexibility index (Phi) is 11.7. The Morgan fingerprint density at radius 3 is 2.38 bits per heavy atom. The van der Waals surface area contributed by atoms with Crippen molar-refractivity contribution in [1.82, 2.24) is 30.7 Å². The lowest BCUT2D eigenvalue weighted by atomic mass is 9.83. The van der Waals surface area contributed by atoms with Gasteiger partial charge >= 0.3 is 0 Å². The lowest BCUT2D eigenvalue weighted by Crippen LogP contribution is -2.55. The molecule has 2 aromatic rings. The first-order chi connectivity index (χ1) is 20.1. The SMILES string of the molecule is CC(=O)N[C@@H](Cc1nc2ccc(C(C)C)cc2s1)C(=O)NC(CNC(=O)C(C)CN1CCN(C)CC1)C1CCCCC1. The van der Waals surface area contributed by atoms with Crippen LogP contribution < -0.4 is 16.0 Å². The lowest BCUT2D eigenvalue weighted by Gasteiger charge is -2.34. The van der Waals surface area contributed by atoms with Crippen LogP contribution in [0.1, 0.15) is 76.3 Å². The predicted octanol–water partition coefficient (Wildman–Crippen LogP) is 3.53. The molecule has 3 atom stereocenters. The molecule has 9 nitrogen and oxygen atoms in total. The molecule has 4 rings (SSSR count). The van der Waals surface area contributed by atoms with Gasteiger partial charge in [0.05, 0.1) is 15.2 Å². The molecule has 3 amide bonds. The molecule has 1 aromatic carbocycles. The van der Waals surface area contributed by atoms with E-state index in [2.05, 4.69) is 58.8 Å². The zero-order valence-corrected chi connectivity index (χ0v) is 26.9. The van der Waals surface area contributed by atoms with Crippen molar-refractivity contribution in [3.63, 3.8) is 0 Å². The highest BCUT2D eigenvalue weighted by Crippen LogP contribution is 2.28. The molecule has 2 aliphatic rings. The number of amides is 3. The average molecular weight is 599 g/mol. The van der Waals surface area contributed by atoms with Gasteiger partial charge in [-0.25, -0.2) is 4.98 Å². The molecule has 0 bridgehead atoms. The second kappa shape index (κ2) is 15.3. The van der Waals surface area contributed by atoms with Gasteiger partial charge in [0.1, 0.15) is 6.04 Å². The summed E-state index contributed by atoms with van der Waals surface area (Å²) in [4.78, 5) is 48.4. The molecule has 0 spiro atoms. The van der Waals surface area contributed by atoms with Gasteiger partial charge < -0.3 is 25.8 Å². The Morgan fingerprint density at radius 2 is 1.71 bits per heavy atom. The van der Waals surface area contributed by atoms with Crippen molar-refractivity contribution in [2.75, 3.05) is 46.3 Å². The monoisotopic (exact) mass is 598 g/mol. The molecule has 42 heavy (non-hydrogen) atoms. The topological polar surface area (TPSA) is 107 Å². The smallest absolute Gasteiger partial charge is 0.243 e. The molecule has 1 saturated carbocycles. The molecule has 1 aromatic heterocycles. The first-order valence-corrected chi connectivity index (χ1v) is 16.6. The maximum absolute atomic E-state index is 13.7. The molecular formula is C32H50N6O3S. The molecule has 0 radical (unpaired) electrons. The minimum absolute atomic E-state index is 0.0256. The largest absolute Gasteiger partial charge is 0.354 e. The minimum Gasteiger partial charge on any atom is -0.354 e. The van der Waals surface area contributed by atoms with Crippen LogP contribution in [-0.2, 0) is 20.8 Å². The number of likely N-dealkylation sites (N-methyl/N-ethyl adjacent to an activating group) is 1. The van der Waals surface area contributed by atoms with E-state index in [1.54, 1.807) is 11.3 Å². The molecule has 232 valence electrons. The summed E-state index contributed by atoms with van der Waals surface area (Å²) in [5.41, 5.74) is 2.17. The molecule has 3 N–H and O–H groups in total. The van der Waals surface area contributed by atoms with Gasteiger partial charge in [-0.2, -0.15) is 0 Å². The Morgan fingerprint density at radius 1 is 1.00 bits per heavy atom. The minimum atomic E-state index is -0.731. The van der Waals surface area contributed by atoms with Crippen molar-refractivity contribution in [3.8, 4) is 0 Å². The number of nitrogens with zero attached hydrogens (tertiary/aromatic N) is 3. The summed E-state index contributed by atoms with van der Waals surface area (Å²) in [7, 11) is 2.13. The summed E-state index contributed by atoms with van der Waals surface area (Å²) in [5.74, 6) is 0.146. The number of nitrogens with one attached hydrogen (secondary N) is 3. The Balaban J connectivity index is 1.41. The molecule has 1 saturated heterocycles. The van der Waals surface area contributed by atoms with Crippen LogP contribution >= 0.6 is 11.3 Å². The van der Waals surface area contributed by atoms with Crippen LogP contribution in [0.2, 0.25) is 0 Å². The van der Waals surface area contributed by atoms with Crippen LogP contribution in [0.4, 0.5) is 0 Å². The fourth-order valence-corrected chi connectivity index (χ4v) is 7.17. The van der Waals surface area contributed by atoms with E-state index in [0.29, 0.717) is 24.8 Å². The number of piperazine rings is 1. The van der Waals surface area contributed by atoms with E-state index in [4.69, 9.17) is 4.98 Å². The number of aromatic nitrogens is 1. The number of carbonyl (C=O) groups excluding carboxylic acids is 3. The standard InChI is InChI=1S/C32H50N6O3S/c1-21(2)25-11-12-26-29(17-25)42-30(35-26)18-27(34-23(4)39)32(41)36-28(24-9-7-6-8-10-24)19-33-31(40)22(3)20-38-15-13-37(5)14-16-38/h11-12,17,21-22,24,27-28H,6-10,13-16,18-20H2,1-5H3,(H,33,40)(H,34,39)(H,36,41)/t22?,27-,28?/m0/s1. The number of hydrogen-bond donors (Lipinski definition) is 3. The van der Waals surface area contributed by atoms with E-state index in [1.807, 2.05) is 13.0 Å². The number of hydrogen-bond acceptors (Lipinski definition) is 7. The molecule has 10 heteroatoms. The summed E-state index contributed by atoms with van der Waals surface area (Å²) in [6, 6.07) is 5.39. The van der Waals surface area contributed by atoms with E-state index in [-0.39, 0.29) is 29.7 Å². The third kappa shape index (κ3) is 9.22. The van der Waals surface area contributed by atoms with Crippen molar-refractivity contribution in [1.29, 1.82) is 0 Å². The Hall–Kier alpha value is -2.56. The zero-order chi connectivity index (χ0) is 30.2. The summed E-state index contributed by atoms with van der Waals surface area (Å²) in [6.07, 6.45) is 5.84. The van der Waals surface area contributed by atoms with Crippen LogP contribution in [0.5, 0.6) is 0 Å². The van der Waals surface area contributed by atoms with E-state index in [0.717, 1.165) is 73.6 Å². The summed E-state index contributed by atoms with van der Waals surface area (Å²) in [5, 5.41) is 10.1. The van der Waals surface area contributed by atoms with Gasteiger partial charge in [-0.15, -0.1) is 11.3 Å². The van der Waals surface area contributed by atoms with Gasteiger partial charge in [0.15, 0.2) is 0 Å². The normalized spacial score (nSPS) is 19.4. The number of thiazole rings is 1. The third-order valence-electron chi connectivity index (χ3n) is 8.81. The highest BCUT2D eigenvalue weighted by atomic mass is 32.1. The fourth-order valence-electron chi connectivity index (χ4n) is 6.11. The van der Waals surface area contributed by atoms with Crippen LogP contribution in [0.25, 0.3) is 10.2 Å². The maximum atomic E-state index is 13.7. The van der Waals surface area contributed by atoms with Gasteiger partial charge in [-0.05, 0) is 49.4 Å². The molecule has 1 aliphatic heterocycles. The second-order valence-electron chi connectivity index (χ2n) is 12.7. The highest BCUT2D eigenvalue weighted by Gasteiger charge is 2.30. The van der Waals surface area contributed by atoms with Crippen molar-refractivity contribution >= 4 is 39.3 Å². The van der Waals surface area contributed by atoms with E-state index >= 15 is 0 Å². The van der Waals surface area contributed by atoms with Gasteiger partial charge in [0.2, 0.25) is 17.7 Å². The van der Waals surface area contributed by atoms with E-state index in [1.165, 1.54) is 18.9 Å². The predicted molar refractivity (Wildman–Crippen MR) is 170 cm³/mol. The van der Waals surface area contributed by atoms with Crippen LogP contribution in [0.3, 0.4) is 0 Å². The van der Waals surface area contributed by atoms with Crippen LogP contribution in [0.15, 0.2) is 18.2 Å². The number of fused-ring (bicyclic) bond motifs is 1. The van der Waals surface area contributed by atoms with Crippen molar-refractivity contribution in [2.45, 2.75) is 84.2 Å². The van der Waals surface area contributed by atoms with E-state index < -0.39 is 6.04 Å². The van der Waals surface area contributed by atoms with Gasteiger partial charge in [-0.3, -0.25) is 14.4 Å². The lowest BCUT2D eigenvalue weighted by molar-refractivity contribution is -0.129. The molecular weight excluding hydrogens is 548 g/mol. The van der Waals surface area contributed by atoms with Crippen LogP contribution in [0, 0.1) is 11.8 Å². The van der Waals surface area contributed by atoms with E-state index in [9.17, 15) is 14.4 Å². The summed E-state index contributed by atoms with van der Waals surface area (Å²) >= 11 is 1.57. The number of carbonyl (C=O) groups is 3. The molecule has 2 fully saturated rings. The molecule has 2 unspecified atom stereocenters. The maximum Gasteiger partial charge on any atom is 0.243 e. The first-order valence-electron chi connectivity index (χ1n) is 15.7. The van der Waals surface area contributed by atoms with Gasteiger partial charge in [0.25, 0.3) is 0 Å². The van der Waals surface area contributed by atoms with Crippen molar-refractivity contribution in [2.24, 2.45) is 11.8 Å².